The van der Waals surface area contributed by atoms with Crippen LogP contribution in [0.4, 0.5) is 5.88 Å². The Morgan fingerprint density at radius 1 is 1.33 bits per heavy atom. The second-order valence-electron chi connectivity index (χ2n) is 3.19. The van der Waals surface area contributed by atoms with Gasteiger partial charge in [0.15, 0.2) is 11.3 Å². The van der Waals surface area contributed by atoms with E-state index in [-0.39, 0.29) is 5.43 Å². The molecule has 78 valence electrons. The zero-order chi connectivity index (χ0) is 10.7. The molecular formula is C11H12N2O2. The van der Waals surface area contributed by atoms with Crippen molar-refractivity contribution in [2.24, 2.45) is 5.73 Å². The molecule has 0 saturated heterocycles. The van der Waals surface area contributed by atoms with Gasteiger partial charge in [-0.15, -0.1) is 0 Å². The number of hydrogen-bond donors (Lipinski definition) is 2. The van der Waals surface area contributed by atoms with Crippen LogP contribution in [0, 0.1) is 0 Å². The third-order valence-electron chi connectivity index (χ3n) is 2.08. The smallest absolute Gasteiger partial charge is 0.197 e. The normalized spacial score (nSPS) is 10.5. The van der Waals surface area contributed by atoms with E-state index in [0.29, 0.717) is 29.9 Å². The van der Waals surface area contributed by atoms with Gasteiger partial charge in [-0.05, 0) is 12.1 Å². The first-order valence-corrected chi connectivity index (χ1v) is 4.78. The number of fused-ring (bicyclic) bond motifs is 1. The van der Waals surface area contributed by atoms with Gasteiger partial charge in [0, 0.05) is 19.2 Å². The van der Waals surface area contributed by atoms with Crippen molar-refractivity contribution in [2.45, 2.75) is 0 Å². The molecule has 3 N–H and O–H groups in total. The molecule has 0 saturated carbocycles. The van der Waals surface area contributed by atoms with Gasteiger partial charge in [-0.2, -0.15) is 0 Å². The van der Waals surface area contributed by atoms with Crippen LogP contribution in [0.1, 0.15) is 0 Å². The molecule has 0 aliphatic heterocycles. The first kappa shape index (κ1) is 9.73. The van der Waals surface area contributed by atoms with Gasteiger partial charge in [-0.25, -0.2) is 0 Å². The zero-order valence-electron chi connectivity index (χ0n) is 8.19. The van der Waals surface area contributed by atoms with E-state index in [4.69, 9.17) is 10.2 Å². The number of anilines is 1. The van der Waals surface area contributed by atoms with Crippen LogP contribution in [0.5, 0.6) is 0 Å². The molecule has 1 aromatic carbocycles. The third kappa shape index (κ3) is 1.99. The molecule has 1 aromatic heterocycles. The van der Waals surface area contributed by atoms with Crippen LogP contribution in [0.2, 0.25) is 0 Å². The monoisotopic (exact) mass is 204 g/mol. The van der Waals surface area contributed by atoms with Crippen molar-refractivity contribution in [3.05, 3.63) is 40.6 Å². The molecule has 0 unspecified atom stereocenters. The molecule has 2 rings (SSSR count). The quantitative estimate of drug-likeness (QED) is 0.787. The maximum Gasteiger partial charge on any atom is 0.197 e. The van der Waals surface area contributed by atoms with Gasteiger partial charge in [0.25, 0.3) is 0 Å². The van der Waals surface area contributed by atoms with Gasteiger partial charge in [-0.3, -0.25) is 4.79 Å². The van der Waals surface area contributed by atoms with Crippen LogP contribution in [-0.2, 0) is 0 Å². The second kappa shape index (κ2) is 4.14. The molecule has 0 aliphatic rings. The van der Waals surface area contributed by atoms with E-state index in [1.54, 1.807) is 12.1 Å². The van der Waals surface area contributed by atoms with Crippen LogP contribution in [0.25, 0.3) is 11.0 Å². The fraction of sp³-hybridized carbons (Fsp3) is 0.182. The molecule has 4 nitrogen and oxygen atoms in total. The fourth-order valence-corrected chi connectivity index (χ4v) is 1.39. The summed E-state index contributed by atoms with van der Waals surface area (Å²) in [6.45, 7) is 1.08. The highest BCUT2D eigenvalue weighted by molar-refractivity contribution is 5.77. The lowest BCUT2D eigenvalue weighted by Crippen LogP contribution is -2.14. The Morgan fingerprint density at radius 2 is 2.13 bits per heavy atom. The van der Waals surface area contributed by atoms with E-state index in [1.807, 2.05) is 12.1 Å². The number of nitrogens with two attached hydrogens (primary N) is 1. The van der Waals surface area contributed by atoms with Gasteiger partial charge in [0.1, 0.15) is 5.58 Å². The molecule has 0 bridgehead atoms. The number of nitrogens with one attached hydrogen (secondary N) is 1. The summed E-state index contributed by atoms with van der Waals surface area (Å²) in [5.74, 6) is 0.462. The van der Waals surface area contributed by atoms with Gasteiger partial charge in [0.2, 0.25) is 0 Å². The summed E-state index contributed by atoms with van der Waals surface area (Å²) in [5.41, 5.74) is 5.89. The Hall–Kier alpha value is -1.81. The van der Waals surface area contributed by atoms with Crippen LogP contribution < -0.4 is 16.5 Å². The molecule has 0 atom stereocenters. The first-order chi connectivity index (χ1) is 7.31. The summed E-state index contributed by atoms with van der Waals surface area (Å²) in [7, 11) is 0. The number of hydrogen-bond acceptors (Lipinski definition) is 4. The minimum Gasteiger partial charge on any atom is -0.440 e. The Kier molecular flexibility index (Phi) is 2.69. The number of benzene rings is 1. The lowest BCUT2D eigenvalue weighted by molar-refractivity contribution is 0.614. The summed E-state index contributed by atoms with van der Waals surface area (Å²) in [6.07, 6.45) is 0. The summed E-state index contributed by atoms with van der Waals surface area (Å²) < 4.78 is 5.48. The highest BCUT2D eigenvalue weighted by Crippen LogP contribution is 2.14. The number of para-hydroxylation sites is 1. The van der Waals surface area contributed by atoms with Crippen molar-refractivity contribution in [3.8, 4) is 0 Å². The van der Waals surface area contributed by atoms with Crippen molar-refractivity contribution in [2.75, 3.05) is 18.4 Å². The summed E-state index contributed by atoms with van der Waals surface area (Å²) in [6, 6.07) is 8.60. The van der Waals surface area contributed by atoms with E-state index < -0.39 is 0 Å². The first-order valence-electron chi connectivity index (χ1n) is 4.78. The minimum atomic E-state index is -0.0450. The molecule has 0 fully saturated rings. The maximum atomic E-state index is 11.6. The van der Waals surface area contributed by atoms with Crippen LogP contribution >= 0.6 is 0 Å². The second-order valence-corrected chi connectivity index (χ2v) is 3.19. The Bertz CT molecular complexity index is 519. The van der Waals surface area contributed by atoms with Gasteiger partial charge in [-0.1, -0.05) is 12.1 Å². The molecule has 0 amide bonds. The van der Waals surface area contributed by atoms with Crippen molar-refractivity contribution in [1.29, 1.82) is 0 Å². The maximum absolute atomic E-state index is 11.6. The van der Waals surface area contributed by atoms with Crippen molar-refractivity contribution < 1.29 is 4.42 Å². The number of rotatable bonds is 3. The predicted molar refractivity (Wildman–Crippen MR) is 60.0 cm³/mol. The van der Waals surface area contributed by atoms with Crippen LogP contribution in [-0.4, -0.2) is 13.1 Å². The summed E-state index contributed by atoms with van der Waals surface area (Å²) in [4.78, 5) is 11.6. The summed E-state index contributed by atoms with van der Waals surface area (Å²) in [5, 5.41) is 3.53. The van der Waals surface area contributed by atoms with Crippen molar-refractivity contribution >= 4 is 16.9 Å². The average molecular weight is 204 g/mol. The summed E-state index contributed by atoms with van der Waals surface area (Å²) >= 11 is 0. The Balaban J connectivity index is 2.48. The van der Waals surface area contributed by atoms with E-state index in [2.05, 4.69) is 5.32 Å². The molecule has 2 aromatic rings. The molecule has 0 radical (unpaired) electrons. The third-order valence-corrected chi connectivity index (χ3v) is 2.08. The van der Waals surface area contributed by atoms with Gasteiger partial charge < -0.3 is 15.5 Å². The van der Waals surface area contributed by atoms with E-state index in [1.165, 1.54) is 6.07 Å². The largest absolute Gasteiger partial charge is 0.440 e. The topological polar surface area (TPSA) is 68.3 Å². The van der Waals surface area contributed by atoms with Crippen LogP contribution in [0.3, 0.4) is 0 Å². The van der Waals surface area contributed by atoms with Gasteiger partial charge in [0.05, 0.1) is 5.39 Å². The molecule has 4 heteroatoms. The molecular weight excluding hydrogens is 192 g/mol. The van der Waals surface area contributed by atoms with E-state index >= 15 is 0 Å². The average Bonchev–Trinajstić information content (AvgIpc) is 2.26. The van der Waals surface area contributed by atoms with Gasteiger partial charge >= 0.3 is 0 Å². The highest BCUT2D eigenvalue weighted by Gasteiger charge is 2.02. The lowest BCUT2D eigenvalue weighted by atomic mass is 10.2. The molecule has 0 spiro atoms. The van der Waals surface area contributed by atoms with Crippen molar-refractivity contribution in [1.82, 2.24) is 0 Å². The predicted octanol–water partition coefficient (Wildman–Crippen LogP) is 1.16. The van der Waals surface area contributed by atoms with Crippen molar-refractivity contribution in [3.63, 3.8) is 0 Å². The molecule has 1 heterocycles. The highest BCUT2D eigenvalue weighted by atomic mass is 16.3. The standard InChI is InChI=1S/C11H12N2O2/c12-5-6-13-11-7-9(14)8-3-1-2-4-10(8)15-11/h1-4,7,13H,5-6,12H2. The molecule has 15 heavy (non-hydrogen) atoms. The SMILES string of the molecule is NCCNc1cc(=O)c2ccccc2o1. The lowest BCUT2D eigenvalue weighted by Gasteiger charge is -2.04. The Labute approximate surface area is 86.7 Å². The van der Waals surface area contributed by atoms with Crippen LogP contribution in [0.15, 0.2) is 39.5 Å². The zero-order valence-corrected chi connectivity index (χ0v) is 8.19. The molecule has 0 aliphatic carbocycles. The van der Waals surface area contributed by atoms with E-state index in [9.17, 15) is 4.79 Å². The fourth-order valence-electron chi connectivity index (χ4n) is 1.39. The van der Waals surface area contributed by atoms with E-state index in [0.717, 1.165) is 0 Å². The Morgan fingerprint density at radius 3 is 2.93 bits per heavy atom. The minimum absolute atomic E-state index is 0.0450.